The number of ketones is 1. The first-order valence-corrected chi connectivity index (χ1v) is 10.3. The van der Waals surface area contributed by atoms with Crippen LogP contribution in [0.15, 0.2) is 65.6 Å². The quantitative estimate of drug-likeness (QED) is 0.368. The minimum absolute atomic E-state index is 0.0121. The molecule has 0 fully saturated rings. The Kier molecular flexibility index (Phi) is 6.87. The molecule has 3 rings (SSSR count). The van der Waals surface area contributed by atoms with E-state index < -0.39 is 0 Å². The summed E-state index contributed by atoms with van der Waals surface area (Å²) in [4.78, 5) is 16.9. The Morgan fingerprint density at radius 2 is 1.90 bits per heavy atom. The van der Waals surface area contributed by atoms with Crippen molar-refractivity contribution in [2.24, 2.45) is 4.99 Å². The highest BCUT2D eigenvalue weighted by molar-refractivity contribution is 7.17. The van der Waals surface area contributed by atoms with Gasteiger partial charge in [-0.2, -0.15) is 0 Å². The van der Waals surface area contributed by atoms with Gasteiger partial charge in [-0.05, 0) is 31.2 Å². The van der Waals surface area contributed by atoms with Crippen LogP contribution >= 0.6 is 11.3 Å². The summed E-state index contributed by atoms with van der Waals surface area (Å²) in [6.45, 7) is 9.53. The maximum Gasteiger partial charge on any atom is 0.199 e. The number of ether oxygens (including phenoxy) is 2. The number of Topliss-reactive ketones (excluding diaryl/α,β-unsaturated/α-hetero) is 1. The van der Waals surface area contributed by atoms with Crippen LogP contribution < -0.4 is 14.8 Å². The van der Waals surface area contributed by atoms with Gasteiger partial charge in [-0.25, -0.2) is 9.38 Å². The summed E-state index contributed by atoms with van der Waals surface area (Å²) in [6.07, 6.45) is 0. The summed E-state index contributed by atoms with van der Waals surface area (Å²) in [5, 5.41) is 5.60. The Morgan fingerprint density at radius 3 is 2.61 bits per heavy atom. The van der Waals surface area contributed by atoms with Gasteiger partial charge in [0.2, 0.25) is 0 Å². The predicted octanol–water partition coefficient (Wildman–Crippen LogP) is 5.21. The van der Waals surface area contributed by atoms with Crippen LogP contribution in [0.3, 0.4) is 0 Å². The molecule has 0 spiro atoms. The van der Waals surface area contributed by atoms with Crippen LogP contribution in [0.1, 0.15) is 18.1 Å². The SMILES string of the molecule is C=C(N=C(C)c1csc2c(F)cccc12)C(=O)CNC(=C)c1ccc(OC)c(OC)c1. The van der Waals surface area contributed by atoms with Gasteiger partial charge in [-0.1, -0.05) is 25.3 Å². The third kappa shape index (κ3) is 4.83. The largest absolute Gasteiger partial charge is 0.493 e. The lowest BCUT2D eigenvalue weighted by Crippen LogP contribution is -2.22. The molecule has 0 aliphatic rings. The predicted molar refractivity (Wildman–Crippen MR) is 125 cm³/mol. The number of carbonyl (C=O) groups is 1. The number of benzene rings is 2. The van der Waals surface area contributed by atoms with Crippen molar-refractivity contribution in [3.63, 3.8) is 0 Å². The molecule has 31 heavy (non-hydrogen) atoms. The zero-order valence-electron chi connectivity index (χ0n) is 17.6. The molecule has 0 atom stereocenters. The van der Waals surface area contributed by atoms with E-state index >= 15 is 0 Å². The zero-order valence-corrected chi connectivity index (χ0v) is 18.4. The van der Waals surface area contributed by atoms with Crippen molar-refractivity contribution in [1.29, 1.82) is 0 Å². The molecule has 0 amide bonds. The van der Waals surface area contributed by atoms with Crippen LogP contribution in [0.4, 0.5) is 4.39 Å². The number of rotatable bonds is 9. The van der Waals surface area contributed by atoms with Crippen LogP contribution in [-0.4, -0.2) is 32.3 Å². The molecule has 3 aromatic rings. The number of aliphatic imine (C=N–C) groups is 1. The van der Waals surface area contributed by atoms with Crippen LogP contribution in [0.5, 0.6) is 11.5 Å². The van der Waals surface area contributed by atoms with E-state index in [0.717, 1.165) is 16.5 Å². The first-order valence-electron chi connectivity index (χ1n) is 9.44. The summed E-state index contributed by atoms with van der Waals surface area (Å²) in [6, 6.07) is 10.3. The van der Waals surface area contributed by atoms with Crippen molar-refractivity contribution in [2.75, 3.05) is 20.8 Å². The Morgan fingerprint density at radius 1 is 1.16 bits per heavy atom. The van der Waals surface area contributed by atoms with Gasteiger partial charge in [-0.15, -0.1) is 11.3 Å². The fraction of sp³-hybridized carbons (Fsp3) is 0.167. The fourth-order valence-corrected chi connectivity index (χ4v) is 4.06. The molecular weight excluding hydrogens is 415 g/mol. The van der Waals surface area contributed by atoms with Crippen LogP contribution in [0.25, 0.3) is 15.8 Å². The Bertz CT molecular complexity index is 1200. The lowest BCUT2D eigenvalue weighted by Gasteiger charge is -2.13. The van der Waals surface area contributed by atoms with Gasteiger partial charge in [0.15, 0.2) is 17.3 Å². The van der Waals surface area contributed by atoms with Crippen molar-refractivity contribution in [3.8, 4) is 11.5 Å². The highest BCUT2D eigenvalue weighted by atomic mass is 32.1. The summed E-state index contributed by atoms with van der Waals surface area (Å²) < 4.78 is 25.0. The molecule has 1 heterocycles. The zero-order chi connectivity index (χ0) is 22.5. The maximum absolute atomic E-state index is 13.9. The average molecular weight is 439 g/mol. The summed E-state index contributed by atoms with van der Waals surface area (Å²) in [5.74, 6) is 0.633. The van der Waals surface area contributed by atoms with Crippen LogP contribution in [0.2, 0.25) is 0 Å². The molecule has 5 nitrogen and oxygen atoms in total. The number of hydrogen-bond acceptors (Lipinski definition) is 6. The summed E-state index contributed by atoms with van der Waals surface area (Å²) in [7, 11) is 3.11. The fourth-order valence-electron chi connectivity index (χ4n) is 3.04. The lowest BCUT2D eigenvalue weighted by atomic mass is 10.1. The van der Waals surface area contributed by atoms with Gasteiger partial charge in [0.25, 0.3) is 0 Å². The molecule has 0 bridgehead atoms. The number of halogens is 1. The number of fused-ring (bicyclic) bond motifs is 1. The van der Waals surface area contributed by atoms with Gasteiger partial charge in [-0.3, -0.25) is 4.79 Å². The Balaban J connectivity index is 1.67. The third-order valence-electron chi connectivity index (χ3n) is 4.76. The highest BCUT2D eigenvalue weighted by Crippen LogP contribution is 2.30. The van der Waals surface area contributed by atoms with Gasteiger partial charge >= 0.3 is 0 Å². The molecular formula is C24H23FN2O3S. The highest BCUT2D eigenvalue weighted by Gasteiger charge is 2.13. The van der Waals surface area contributed by atoms with E-state index in [1.807, 2.05) is 17.5 Å². The first kappa shape index (κ1) is 22.2. The van der Waals surface area contributed by atoms with Crippen molar-refractivity contribution < 1.29 is 18.7 Å². The molecule has 160 valence electrons. The molecule has 0 aliphatic carbocycles. The number of nitrogens with zero attached hydrogens (tertiary/aromatic N) is 1. The number of methoxy groups -OCH3 is 2. The smallest absolute Gasteiger partial charge is 0.199 e. The molecule has 0 saturated heterocycles. The number of hydrogen-bond donors (Lipinski definition) is 1. The molecule has 0 unspecified atom stereocenters. The van der Waals surface area contributed by atoms with Gasteiger partial charge in [0.05, 0.1) is 25.5 Å². The van der Waals surface area contributed by atoms with E-state index in [4.69, 9.17) is 9.47 Å². The van der Waals surface area contributed by atoms with E-state index in [1.54, 1.807) is 39.3 Å². The topological polar surface area (TPSA) is 59.9 Å². The monoisotopic (exact) mass is 438 g/mol. The second kappa shape index (κ2) is 9.57. The normalized spacial score (nSPS) is 11.3. The summed E-state index contributed by atoms with van der Waals surface area (Å²) in [5.41, 5.74) is 2.83. The standard InChI is InChI=1S/C24H23FN2O3S/c1-14(17-9-10-22(29-4)23(11-17)30-5)26-12-21(28)16(3)27-15(2)19-13-31-24-18(19)7-6-8-20(24)25/h6-11,13,26H,1,3,12H2,2,4-5H3. The molecule has 2 aromatic carbocycles. The lowest BCUT2D eigenvalue weighted by molar-refractivity contribution is -0.114. The average Bonchev–Trinajstić information content (AvgIpc) is 3.22. The molecule has 0 radical (unpaired) electrons. The third-order valence-corrected chi connectivity index (χ3v) is 5.76. The van der Waals surface area contributed by atoms with E-state index in [2.05, 4.69) is 23.5 Å². The second-order valence-electron chi connectivity index (χ2n) is 6.73. The van der Waals surface area contributed by atoms with Crippen molar-refractivity contribution in [2.45, 2.75) is 6.92 Å². The van der Waals surface area contributed by atoms with Gasteiger partial charge < -0.3 is 14.8 Å². The second-order valence-corrected chi connectivity index (χ2v) is 7.61. The van der Waals surface area contributed by atoms with E-state index in [0.29, 0.717) is 27.6 Å². The van der Waals surface area contributed by atoms with Crippen molar-refractivity contribution >= 4 is 38.6 Å². The van der Waals surface area contributed by atoms with Gasteiger partial charge in [0.1, 0.15) is 11.5 Å². The Labute approximate surface area is 184 Å². The molecule has 1 N–H and O–H groups in total. The molecule has 0 saturated carbocycles. The Hall–Kier alpha value is -3.45. The van der Waals surface area contributed by atoms with E-state index in [-0.39, 0.29) is 23.8 Å². The van der Waals surface area contributed by atoms with Crippen LogP contribution in [-0.2, 0) is 4.79 Å². The molecule has 0 aliphatic heterocycles. The minimum Gasteiger partial charge on any atom is -0.493 e. The van der Waals surface area contributed by atoms with E-state index in [9.17, 15) is 9.18 Å². The van der Waals surface area contributed by atoms with Crippen LogP contribution in [0, 0.1) is 5.82 Å². The molecule has 1 aromatic heterocycles. The minimum atomic E-state index is -0.272. The molecule has 7 heteroatoms. The number of carbonyl (C=O) groups excluding carboxylic acids is 1. The summed E-state index contributed by atoms with van der Waals surface area (Å²) >= 11 is 1.31. The first-order chi connectivity index (χ1) is 14.8. The number of thiophene rings is 1. The number of nitrogens with one attached hydrogen (secondary N) is 1. The van der Waals surface area contributed by atoms with Gasteiger partial charge in [0, 0.05) is 33.3 Å². The van der Waals surface area contributed by atoms with Crippen molar-refractivity contribution in [1.82, 2.24) is 5.32 Å². The van der Waals surface area contributed by atoms with E-state index in [1.165, 1.54) is 17.4 Å². The van der Waals surface area contributed by atoms with Crippen molar-refractivity contribution in [3.05, 3.63) is 77.6 Å². The maximum atomic E-state index is 13.9.